The number of aldehydes is 1. The summed E-state index contributed by atoms with van der Waals surface area (Å²) in [6.07, 6.45) is 1.79. The largest absolute Gasteiger partial charge is 0.378 e. The molecule has 0 aliphatic carbocycles. The average Bonchev–Trinajstić information content (AvgIpc) is 2.46. The standard InChI is InChI=1S/C16H21N3O2/c1-11-6-5-7-12(2)16(11)19-15(21)10-18-14(4)13(3)17-8-9-20/h5-9,18H,10H2,1-4H3,(H,19,21)/b14-13-,17-8?. The lowest BCUT2D eigenvalue weighted by atomic mass is 10.1. The molecule has 0 aliphatic heterocycles. The number of amides is 1. The number of hydrogen-bond donors (Lipinski definition) is 2. The fourth-order valence-corrected chi connectivity index (χ4v) is 1.78. The van der Waals surface area contributed by atoms with E-state index >= 15 is 0 Å². The van der Waals surface area contributed by atoms with Gasteiger partial charge < -0.3 is 10.6 Å². The van der Waals surface area contributed by atoms with Gasteiger partial charge in [-0.2, -0.15) is 0 Å². The van der Waals surface area contributed by atoms with Gasteiger partial charge in [-0.15, -0.1) is 0 Å². The molecule has 2 N–H and O–H groups in total. The summed E-state index contributed by atoms with van der Waals surface area (Å²) in [7, 11) is 0. The van der Waals surface area contributed by atoms with Crippen LogP contribution < -0.4 is 10.6 Å². The van der Waals surface area contributed by atoms with E-state index in [1.54, 1.807) is 6.92 Å². The molecular weight excluding hydrogens is 266 g/mol. The van der Waals surface area contributed by atoms with Crippen LogP contribution in [-0.2, 0) is 9.59 Å². The maximum absolute atomic E-state index is 12.0. The maximum Gasteiger partial charge on any atom is 0.243 e. The highest BCUT2D eigenvalue weighted by molar-refractivity contribution is 6.13. The third-order valence-corrected chi connectivity index (χ3v) is 3.13. The van der Waals surface area contributed by atoms with Gasteiger partial charge in [0, 0.05) is 11.4 Å². The van der Waals surface area contributed by atoms with Crippen molar-refractivity contribution in [3.8, 4) is 0 Å². The van der Waals surface area contributed by atoms with Crippen molar-refractivity contribution in [1.29, 1.82) is 0 Å². The highest BCUT2D eigenvalue weighted by Gasteiger charge is 2.07. The molecule has 0 atom stereocenters. The molecule has 1 aromatic carbocycles. The number of aryl methyl sites for hydroxylation is 2. The minimum absolute atomic E-state index is 0.126. The Kier molecular flexibility index (Phi) is 6.33. The Labute approximate surface area is 125 Å². The molecule has 0 radical (unpaired) electrons. The number of benzene rings is 1. The van der Waals surface area contributed by atoms with Crippen LogP contribution in [0.1, 0.15) is 25.0 Å². The lowest BCUT2D eigenvalue weighted by Gasteiger charge is -2.13. The van der Waals surface area contributed by atoms with E-state index in [0.29, 0.717) is 12.0 Å². The molecule has 1 aromatic rings. The summed E-state index contributed by atoms with van der Waals surface area (Å²) in [5.74, 6) is -0.126. The van der Waals surface area contributed by atoms with Gasteiger partial charge in [-0.05, 0) is 38.8 Å². The van der Waals surface area contributed by atoms with Crippen LogP contribution in [0.2, 0.25) is 0 Å². The monoisotopic (exact) mass is 287 g/mol. The predicted molar refractivity (Wildman–Crippen MR) is 85.5 cm³/mol. The molecule has 0 aliphatic rings. The van der Waals surface area contributed by atoms with Crippen LogP contribution in [0.4, 0.5) is 5.69 Å². The predicted octanol–water partition coefficient (Wildman–Crippen LogP) is 2.35. The summed E-state index contributed by atoms with van der Waals surface area (Å²) in [6.45, 7) is 7.64. The van der Waals surface area contributed by atoms with Crippen LogP contribution in [0.25, 0.3) is 0 Å². The van der Waals surface area contributed by atoms with Gasteiger partial charge in [-0.25, -0.2) is 0 Å². The van der Waals surface area contributed by atoms with Crippen molar-refractivity contribution in [3.05, 3.63) is 40.7 Å². The molecule has 0 saturated heterocycles. The first kappa shape index (κ1) is 16.6. The lowest BCUT2D eigenvalue weighted by Crippen LogP contribution is -2.28. The molecule has 112 valence electrons. The van der Waals surface area contributed by atoms with E-state index < -0.39 is 0 Å². The quantitative estimate of drug-likeness (QED) is 0.623. The highest BCUT2D eigenvalue weighted by Crippen LogP contribution is 2.19. The van der Waals surface area contributed by atoms with E-state index in [4.69, 9.17) is 0 Å². The Hall–Kier alpha value is -2.43. The van der Waals surface area contributed by atoms with Crippen LogP contribution >= 0.6 is 0 Å². The van der Waals surface area contributed by atoms with Crippen molar-refractivity contribution in [2.45, 2.75) is 27.7 Å². The van der Waals surface area contributed by atoms with Crippen molar-refractivity contribution in [2.24, 2.45) is 4.99 Å². The third kappa shape index (κ3) is 5.22. The Bertz CT molecular complexity index is 569. The Morgan fingerprint density at radius 3 is 2.43 bits per heavy atom. The number of carbonyl (C=O) groups is 2. The number of rotatable bonds is 6. The fraction of sp³-hybridized carbons (Fsp3) is 0.312. The Morgan fingerprint density at radius 1 is 1.24 bits per heavy atom. The topological polar surface area (TPSA) is 70.6 Å². The molecule has 0 heterocycles. The van der Waals surface area contributed by atoms with Gasteiger partial charge >= 0.3 is 0 Å². The molecule has 21 heavy (non-hydrogen) atoms. The first-order valence-electron chi connectivity index (χ1n) is 6.71. The molecule has 1 amide bonds. The van der Waals surface area contributed by atoms with Gasteiger partial charge in [0.2, 0.25) is 5.91 Å². The molecule has 1 rings (SSSR count). The van der Waals surface area contributed by atoms with Gasteiger partial charge in [0.15, 0.2) is 6.29 Å². The number of allylic oxidation sites excluding steroid dienone is 2. The van der Waals surface area contributed by atoms with Crippen molar-refractivity contribution in [3.63, 3.8) is 0 Å². The average molecular weight is 287 g/mol. The molecule has 0 saturated carbocycles. The molecule has 5 nitrogen and oxygen atoms in total. The molecule has 0 fully saturated rings. The molecule has 0 bridgehead atoms. The zero-order chi connectivity index (χ0) is 15.8. The van der Waals surface area contributed by atoms with Crippen LogP contribution in [0.3, 0.4) is 0 Å². The smallest absolute Gasteiger partial charge is 0.243 e. The second kappa shape index (κ2) is 7.99. The molecular formula is C16H21N3O2. The lowest BCUT2D eigenvalue weighted by molar-refractivity contribution is -0.115. The van der Waals surface area contributed by atoms with Crippen LogP contribution in [-0.4, -0.2) is 25.0 Å². The van der Waals surface area contributed by atoms with E-state index in [1.807, 2.05) is 39.0 Å². The third-order valence-electron chi connectivity index (χ3n) is 3.13. The van der Waals surface area contributed by atoms with Gasteiger partial charge in [0.25, 0.3) is 0 Å². The summed E-state index contributed by atoms with van der Waals surface area (Å²) in [5.41, 5.74) is 4.33. The summed E-state index contributed by atoms with van der Waals surface area (Å²) < 4.78 is 0. The van der Waals surface area contributed by atoms with Crippen molar-refractivity contribution >= 4 is 24.1 Å². The van der Waals surface area contributed by atoms with Gasteiger partial charge in [0.1, 0.15) is 0 Å². The normalized spacial score (nSPS) is 12.0. The van der Waals surface area contributed by atoms with Crippen LogP contribution in [0.5, 0.6) is 0 Å². The SMILES string of the molecule is C/C(N=CC=O)=C(\C)NCC(=O)Nc1c(C)cccc1C. The Balaban J connectivity index is 2.63. The van der Waals surface area contributed by atoms with Gasteiger partial charge in [-0.3, -0.25) is 14.6 Å². The second-order valence-corrected chi connectivity index (χ2v) is 4.79. The Morgan fingerprint density at radius 2 is 1.86 bits per heavy atom. The highest BCUT2D eigenvalue weighted by atomic mass is 16.1. The molecule has 0 spiro atoms. The van der Waals surface area contributed by atoms with E-state index in [9.17, 15) is 9.59 Å². The maximum atomic E-state index is 12.0. The van der Waals surface area contributed by atoms with Gasteiger partial charge in [0.05, 0.1) is 18.5 Å². The first-order chi connectivity index (χ1) is 9.95. The number of hydrogen-bond acceptors (Lipinski definition) is 4. The number of carbonyl (C=O) groups excluding carboxylic acids is 2. The van der Waals surface area contributed by atoms with Crippen molar-refractivity contribution in [2.75, 3.05) is 11.9 Å². The molecule has 0 unspecified atom stereocenters. The van der Waals surface area contributed by atoms with E-state index in [1.165, 1.54) is 6.21 Å². The van der Waals surface area contributed by atoms with Crippen molar-refractivity contribution in [1.82, 2.24) is 5.32 Å². The van der Waals surface area contributed by atoms with E-state index in [0.717, 1.165) is 22.5 Å². The number of aliphatic imine (C=N–C) groups is 1. The van der Waals surface area contributed by atoms with E-state index in [2.05, 4.69) is 15.6 Å². The summed E-state index contributed by atoms with van der Waals surface area (Å²) in [6, 6.07) is 5.87. The number of nitrogens with zero attached hydrogens (tertiary/aromatic N) is 1. The van der Waals surface area contributed by atoms with E-state index in [-0.39, 0.29) is 12.5 Å². The number of nitrogens with one attached hydrogen (secondary N) is 2. The van der Waals surface area contributed by atoms with Crippen LogP contribution in [0.15, 0.2) is 34.6 Å². The number of anilines is 1. The first-order valence-corrected chi connectivity index (χ1v) is 6.71. The van der Waals surface area contributed by atoms with Crippen LogP contribution in [0, 0.1) is 13.8 Å². The second-order valence-electron chi connectivity index (χ2n) is 4.79. The van der Waals surface area contributed by atoms with Crippen molar-refractivity contribution < 1.29 is 9.59 Å². The summed E-state index contributed by atoms with van der Waals surface area (Å²) in [4.78, 5) is 26.1. The molecule has 0 aromatic heterocycles. The summed E-state index contributed by atoms with van der Waals surface area (Å²) >= 11 is 0. The number of para-hydroxylation sites is 1. The zero-order valence-electron chi connectivity index (χ0n) is 12.9. The molecule has 5 heteroatoms. The zero-order valence-corrected chi connectivity index (χ0v) is 12.9. The minimum Gasteiger partial charge on any atom is -0.378 e. The fourth-order valence-electron chi connectivity index (χ4n) is 1.78. The minimum atomic E-state index is -0.126. The van der Waals surface area contributed by atoms with Gasteiger partial charge in [-0.1, -0.05) is 18.2 Å². The summed E-state index contributed by atoms with van der Waals surface area (Å²) in [5, 5.41) is 5.89.